The Hall–Kier alpha value is -1.01. The van der Waals surface area contributed by atoms with Gasteiger partial charge in [0.25, 0.3) is 0 Å². The summed E-state index contributed by atoms with van der Waals surface area (Å²) in [5, 5.41) is 15.1. The maximum atomic E-state index is 11.5. The van der Waals surface area contributed by atoms with Crippen LogP contribution in [0.4, 0.5) is 5.13 Å². The van der Waals surface area contributed by atoms with E-state index in [1.54, 1.807) is 0 Å². The molecule has 0 aromatic carbocycles. The molecular formula is C8H12N4OS. The monoisotopic (exact) mass is 212 g/mol. The number of nitrogens with zero attached hydrogens (tertiary/aromatic N) is 2. The quantitative estimate of drug-likeness (QED) is 0.761. The summed E-state index contributed by atoms with van der Waals surface area (Å²) >= 11 is 1.43. The van der Waals surface area contributed by atoms with E-state index in [4.69, 9.17) is 0 Å². The van der Waals surface area contributed by atoms with Crippen LogP contribution in [0.25, 0.3) is 0 Å². The van der Waals surface area contributed by atoms with Crippen LogP contribution in [0.5, 0.6) is 0 Å². The summed E-state index contributed by atoms with van der Waals surface area (Å²) < 4.78 is 0. The van der Waals surface area contributed by atoms with Gasteiger partial charge in [0.15, 0.2) is 0 Å². The third-order valence-corrected chi connectivity index (χ3v) is 3.12. The highest BCUT2D eigenvalue weighted by Crippen LogP contribution is 2.16. The molecule has 2 rings (SSSR count). The molecule has 0 spiro atoms. The number of hydrogen-bond acceptors (Lipinski definition) is 5. The minimum Gasteiger partial charge on any atom is -0.306 e. The summed E-state index contributed by atoms with van der Waals surface area (Å²) in [5.41, 5.74) is 0. The van der Waals surface area contributed by atoms with Crippen LogP contribution >= 0.6 is 11.3 Å². The van der Waals surface area contributed by atoms with Gasteiger partial charge in [-0.15, -0.1) is 10.2 Å². The van der Waals surface area contributed by atoms with Crippen molar-refractivity contribution in [3.05, 3.63) is 5.01 Å². The smallest absolute Gasteiger partial charge is 0.243 e. The van der Waals surface area contributed by atoms with E-state index < -0.39 is 0 Å². The van der Waals surface area contributed by atoms with E-state index in [2.05, 4.69) is 20.8 Å². The van der Waals surface area contributed by atoms with Crippen LogP contribution in [0.15, 0.2) is 0 Å². The first-order valence-corrected chi connectivity index (χ1v) is 5.48. The second-order valence-electron chi connectivity index (χ2n) is 3.14. The zero-order valence-corrected chi connectivity index (χ0v) is 8.73. The number of aryl methyl sites for hydroxylation is 1. The number of rotatable bonds is 3. The van der Waals surface area contributed by atoms with Gasteiger partial charge < -0.3 is 5.32 Å². The molecule has 1 fully saturated rings. The van der Waals surface area contributed by atoms with Gasteiger partial charge in [0, 0.05) is 0 Å². The summed E-state index contributed by atoms with van der Waals surface area (Å²) in [6.07, 6.45) is 1.76. The minimum atomic E-state index is -0.0380. The number of hydrogen-bond donors (Lipinski definition) is 2. The van der Waals surface area contributed by atoms with Crippen LogP contribution in [-0.2, 0) is 11.2 Å². The molecule has 0 aliphatic carbocycles. The molecule has 5 nitrogen and oxygen atoms in total. The molecule has 1 aromatic rings. The SMILES string of the molecule is CCc1nnc(NC(=O)C2CCN2)s1. The zero-order valence-electron chi connectivity index (χ0n) is 7.91. The highest BCUT2D eigenvalue weighted by molar-refractivity contribution is 7.15. The predicted molar refractivity (Wildman–Crippen MR) is 54.3 cm³/mol. The standard InChI is InChI=1S/C8H12N4OS/c1-2-6-11-12-8(14-6)10-7(13)5-3-4-9-5/h5,9H,2-4H2,1H3,(H,10,12,13). The van der Waals surface area contributed by atoms with Crippen LogP contribution in [0.1, 0.15) is 18.4 Å². The van der Waals surface area contributed by atoms with Crippen molar-refractivity contribution in [2.45, 2.75) is 25.8 Å². The van der Waals surface area contributed by atoms with E-state index in [0.717, 1.165) is 24.4 Å². The fourth-order valence-corrected chi connectivity index (χ4v) is 1.83. The van der Waals surface area contributed by atoms with Gasteiger partial charge in [-0.05, 0) is 19.4 Å². The molecular weight excluding hydrogens is 200 g/mol. The number of amides is 1. The second kappa shape index (κ2) is 4.02. The van der Waals surface area contributed by atoms with Gasteiger partial charge in [-0.2, -0.15) is 0 Å². The number of carbonyl (C=O) groups excluding carboxylic acids is 1. The van der Waals surface area contributed by atoms with E-state index >= 15 is 0 Å². The number of carbonyl (C=O) groups is 1. The van der Waals surface area contributed by atoms with Crippen LogP contribution in [0, 0.1) is 0 Å². The lowest BCUT2D eigenvalue weighted by atomic mass is 10.1. The Kier molecular flexibility index (Phi) is 2.74. The molecule has 0 bridgehead atoms. The van der Waals surface area contributed by atoms with Gasteiger partial charge in [-0.3, -0.25) is 10.1 Å². The second-order valence-corrected chi connectivity index (χ2v) is 4.20. The van der Waals surface area contributed by atoms with Gasteiger partial charge in [-0.25, -0.2) is 0 Å². The molecule has 1 aromatic heterocycles. The summed E-state index contributed by atoms with van der Waals surface area (Å²) in [6, 6.07) is -0.0380. The Balaban J connectivity index is 1.92. The first-order chi connectivity index (χ1) is 6.79. The Labute approximate surface area is 85.9 Å². The lowest BCUT2D eigenvalue weighted by Crippen LogP contribution is -2.50. The van der Waals surface area contributed by atoms with Crippen molar-refractivity contribution in [1.29, 1.82) is 0 Å². The molecule has 6 heteroatoms. The molecule has 2 heterocycles. The van der Waals surface area contributed by atoms with E-state index in [1.165, 1.54) is 11.3 Å². The van der Waals surface area contributed by atoms with Crippen LogP contribution in [0.3, 0.4) is 0 Å². The summed E-state index contributed by atoms with van der Waals surface area (Å²) in [5.74, 6) is -0.00458. The Bertz CT molecular complexity index is 334. The molecule has 76 valence electrons. The minimum absolute atomic E-state index is 0.00458. The molecule has 0 radical (unpaired) electrons. The van der Waals surface area contributed by atoms with Gasteiger partial charge in [0.05, 0.1) is 6.04 Å². The van der Waals surface area contributed by atoms with Crippen LogP contribution in [-0.4, -0.2) is 28.7 Å². The van der Waals surface area contributed by atoms with E-state index in [1.807, 2.05) is 6.92 Å². The van der Waals surface area contributed by atoms with E-state index in [-0.39, 0.29) is 11.9 Å². The first kappa shape index (κ1) is 9.54. The normalized spacial score (nSPS) is 20.2. The van der Waals surface area contributed by atoms with E-state index in [9.17, 15) is 4.79 Å². The lowest BCUT2D eigenvalue weighted by molar-refractivity contribution is -0.119. The largest absolute Gasteiger partial charge is 0.306 e. The van der Waals surface area contributed by atoms with Crippen LogP contribution in [0.2, 0.25) is 0 Å². The Morgan fingerprint density at radius 2 is 2.50 bits per heavy atom. The molecule has 2 N–H and O–H groups in total. The topological polar surface area (TPSA) is 66.9 Å². The molecule has 1 saturated heterocycles. The third-order valence-electron chi connectivity index (χ3n) is 2.14. The first-order valence-electron chi connectivity index (χ1n) is 4.66. The number of nitrogens with one attached hydrogen (secondary N) is 2. The van der Waals surface area contributed by atoms with Crippen molar-refractivity contribution in [3.63, 3.8) is 0 Å². The fourth-order valence-electron chi connectivity index (χ4n) is 1.15. The summed E-state index contributed by atoms with van der Waals surface area (Å²) in [4.78, 5) is 11.5. The zero-order chi connectivity index (χ0) is 9.97. The van der Waals surface area contributed by atoms with Crippen molar-refractivity contribution >= 4 is 22.4 Å². The number of aromatic nitrogens is 2. The lowest BCUT2D eigenvalue weighted by Gasteiger charge is -2.25. The molecule has 1 aliphatic heterocycles. The molecule has 1 aliphatic rings. The van der Waals surface area contributed by atoms with Crippen molar-refractivity contribution < 1.29 is 4.79 Å². The van der Waals surface area contributed by atoms with Gasteiger partial charge in [0.1, 0.15) is 5.01 Å². The highest BCUT2D eigenvalue weighted by atomic mass is 32.1. The third kappa shape index (κ3) is 1.91. The molecule has 1 amide bonds. The predicted octanol–water partition coefficient (Wildman–Crippen LogP) is 0.401. The maximum absolute atomic E-state index is 11.5. The maximum Gasteiger partial charge on any atom is 0.243 e. The van der Waals surface area contributed by atoms with Gasteiger partial charge in [-0.1, -0.05) is 18.3 Å². The Morgan fingerprint density at radius 3 is 3.00 bits per heavy atom. The van der Waals surface area contributed by atoms with Gasteiger partial charge in [0.2, 0.25) is 11.0 Å². The average molecular weight is 212 g/mol. The van der Waals surface area contributed by atoms with Gasteiger partial charge >= 0.3 is 0 Å². The summed E-state index contributed by atoms with van der Waals surface area (Å²) in [7, 11) is 0. The highest BCUT2D eigenvalue weighted by Gasteiger charge is 2.25. The summed E-state index contributed by atoms with van der Waals surface area (Å²) in [6.45, 7) is 2.94. The molecule has 1 unspecified atom stereocenters. The Morgan fingerprint density at radius 1 is 1.71 bits per heavy atom. The molecule has 14 heavy (non-hydrogen) atoms. The average Bonchev–Trinajstić information content (AvgIpc) is 2.48. The molecule has 1 atom stereocenters. The fraction of sp³-hybridized carbons (Fsp3) is 0.625. The number of anilines is 1. The molecule has 0 saturated carbocycles. The van der Waals surface area contributed by atoms with Crippen molar-refractivity contribution in [3.8, 4) is 0 Å². The van der Waals surface area contributed by atoms with Crippen molar-refractivity contribution in [2.75, 3.05) is 11.9 Å². The van der Waals surface area contributed by atoms with Crippen molar-refractivity contribution in [2.24, 2.45) is 0 Å². The van der Waals surface area contributed by atoms with E-state index in [0.29, 0.717) is 5.13 Å². The van der Waals surface area contributed by atoms with Crippen molar-refractivity contribution in [1.82, 2.24) is 15.5 Å². The van der Waals surface area contributed by atoms with Crippen LogP contribution < -0.4 is 10.6 Å².